The average molecular weight is 1550 g/mol. The van der Waals surface area contributed by atoms with Crippen molar-refractivity contribution in [2.24, 2.45) is 0 Å². The molecule has 4 aromatic heterocycles. The minimum absolute atomic E-state index is 0.650. The number of nitrogens with zero attached hydrogens (tertiary/aromatic N) is 9. The van der Waals surface area contributed by atoms with Crippen LogP contribution in [0.4, 0.5) is 0 Å². The summed E-state index contributed by atoms with van der Waals surface area (Å²) in [7, 11) is 0. The molecule has 17 aromatic rings. The molecule has 0 amide bonds. The highest BCUT2D eigenvalue weighted by Crippen LogP contribution is 2.51. The van der Waals surface area contributed by atoms with E-state index in [9.17, 15) is 0 Å². The topological polar surface area (TPSA) is 116 Å². The van der Waals surface area contributed by atoms with E-state index < -0.39 is 0 Å². The zero-order valence-corrected chi connectivity index (χ0v) is 65.2. The maximum Gasteiger partial charge on any atom is 0.164 e. The lowest BCUT2D eigenvalue weighted by molar-refractivity contribution is 1.07. The fourth-order valence-corrected chi connectivity index (χ4v) is 19.4. The minimum atomic E-state index is 0.650. The summed E-state index contributed by atoms with van der Waals surface area (Å²) in [6.07, 6.45) is 11.1. The van der Waals surface area contributed by atoms with Gasteiger partial charge in [0.1, 0.15) is 0 Å². The highest BCUT2D eigenvalue weighted by molar-refractivity contribution is 7.23. The molecule has 0 fully saturated rings. The highest BCUT2D eigenvalue weighted by Gasteiger charge is 2.26. The molecule has 0 bridgehead atoms. The van der Waals surface area contributed by atoms with E-state index >= 15 is 0 Å². The van der Waals surface area contributed by atoms with Crippen molar-refractivity contribution in [2.75, 3.05) is 0 Å². The van der Waals surface area contributed by atoms with Crippen molar-refractivity contribution >= 4 is 97.0 Å². The molecule has 6 aliphatic heterocycles. The normalized spacial score (nSPS) is 11.4. The third-order valence-electron chi connectivity index (χ3n) is 21.5. The molecule has 0 radical (unpaired) electrons. The molecule has 0 aliphatic carbocycles. The predicted octanol–water partition coefficient (Wildman–Crippen LogP) is 28.4. The van der Waals surface area contributed by atoms with Gasteiger partial charge in [-0.1, -0.05) is 273 Å². The Kier molecular flexibility index (Phi) is 18.3. The van der Waals surface area contributed by atoms with Gasteiger partial charge in [-0.15, -0.1) is 34.0 Å². The van der Waals surface area contributed by atoms with Crippen LogP contribution in [0.3, 0.4) is 0 Å². The Balaban J connectivity index is 0.000000110. The largest absolute Gasteiger partial charge is 0.265 e. The number of fused-ring (bicyclic) bond motifs is 15. The average Bonchev–Trinajstić information content (AvgIpc) is 1.61. The summed E-state index contributed by atoms with van der Waals surface area (Å²) in [6, 6.07) is 125. The van der Waals surface area contributed by atoms with Gasteiger partial charge in [0.25, 0.3) is 0 Å². The van der Waals surface area contributed by atoms with Gasteiger partial charge >= 0.3 is 0 Å². The molecule has 13 aromatic carbocycles. The molecular weight excluding hydrogens is 1480 g/mol. The molecule has 0 saturated heterocycles. The maximum absolute atomic E-state index is 5.07. The fraction of sp³-hybridized carbons (Fsp3) is 0. The summed E-state index contributed by atoms with van der Waals surface area (Å²) in [6.45, 7) is 0. The number of aromatic nitrogens is 9. The molecule has 0 unspecified atom stereocenters. The first kappa shape index (κ1) is 70.1. The fourth-order valence-electron chi connectivity index (χ4n) is 15.8. The lowest BCUT2D eigenvalue weighted by Gasteiger charge is -2.13. The van der Waals surface area contributed by atoms with Gasteiger partial charge in [0.05, 0.1) is 33.6 Å². The Morgan fingerprint density at radius 2 is 0.453 bits per heavy atom. The molecule has 117 heavy (non-hydrogen) atoms. The summed E-state index contributed by atoms with van der Waals surface area (Å²) in [5, 5.41) is 7.22. The van der Waals surface area contributed by atoms with Crippen molar-refractivity contribution in [3.63, 3.8) is 0 Å². The maximum atomic E-state index is 5.07. The van der Waals surface area contributed by atoms with Crippen LogP contribution in [0.25, 0.3) is 218 Å². The number of para-hydroxylation sites is 3. The molecule has 0 spiro atoms. The van der Waals surface area contributed by atoms with Gasteiger partial charge in [0.15, 0.2) is 17.5 Å². The van der Waals surface area contributed by atoms with E-state index in [0.717, 1.165) is 89.3 Å². The highest BCUT2D eigenvalue weighted by atomic mass is 32.1. The lowest BCUT2D eigenvalue weighted by atomic mass is 9.93. The van der Waals surface area contributed by atoms with E-state index in [1.807, 2.05) is 156 Å². The van der Waals surface area contributed by atoms with Crippen LogP contribution in [0.15, 0.2) is 395 Å². The minimum Gasteiger partial charge on any atom is -0.265 e. The summed E-state index contributed by atoms with van der Waals surface area (Å²) in [4.78, 5) is 46.4. The molecule has 23 rings (SSSR count). The Morgan fingerprint density at radius 3 is 0.829 bits per heavy atom. The van der Waals surface area contributed by atoms with Crippen molar-refractivity contribution in [3.05, 3.63) is 395 Å². The Hall–Kier alpha value is -14.8. The molecule has 0 N–H and O–H groups in total. The smallest absolute Gasteiger partial charge is 0.164 e. The first-order valence-corrected chi connectivity index (χ1v) is 41.2. The monoisotopic (exact) mass is 1550 g/mol. The second-order valence-electron chi connectivity index (χ2n) is 28.7. The number of benzene rings is 13. The number of rotatable bonds is 11. The van der Waals surface area contributed by atoms with Crippen LogP contribution >= 0.6 is 34.0 Å². The van der Waals surface area contributed by atoms with E-state index in [1.54, 1.807) is 0 Å². The summed E-state index contributed by atoms with van der Waals surface area (Å²) >= 11 is 5.49. The third kappa shape index (κ3) is 13.5. The zero-order valence-electron chi connectivity index (χ0n) is 62.8. The van der Waals surface area contributed by atoms with E-state index in [1.165, 1.54) is 111 Å². The van der Waals surface area contributed by atoms with E-state index in [2.05, 4.69) is 288 Å². The van der Waals surface area contributed by atoms with Crippen molar-refractivity contribution in [1.29, 1.82) is 0 Å². The van der Waals surface area contributed by atoms with Gasteiger partial charge in [0, 0.05) is 143 Å². The van der Waals surface area contributed by atoms with Crippen LogP contribution in [0.2, 0.25) is 0 Å². The van der Waals surface area contributed by atoms with Crippen molar-refractivity contribution in [1.82, 2.24) is 44.9 Å². The van der Waals surface area contributed by atoms with Crippen molar-refractivity contribution in [2.45, 2.75) is 0 Å². The second kappa shape index (κ2) is 30.6. The van der Waals surface area contributed by atoms with Crippen LogP contribution in [0.1, 0.15) is 0 Å². The molecular formula is C105H65N9S3. The van der Waals surface area contributed by atoms with Crippen LogP contribution < -0.4 is 0 Å². The van der Waals surface area contributed by atoms with Gasteiger partial charge in [-0.05, 0) is 146 Å². The molecule has 12 heteroatoms. The quantitative estimate of drug-likeness (QED) is 0.125. The predicted molar refractivity (Wildman–Crippen MR) is 488 cm³/mol. The Morgan fingerprint density at radius 1 is 0.171 bits per heavy atom. The lowest BCUT2D eigenvalue weighted by Crippen LogP contribution is -2.00. The van der Waals surface area contributed by atoms with Gasteiger partial charge in [0.2, 0.25) is 0 Å². The van der Waals surface area contributed by atoms with Gasteiger partial charge in [-0.2, -0.15) is 0 Å². The van der Waals surface area contributed by atoms with Crippen molar-refractivity contribution < 1.29 is 0 Å². The van der Waals surface area contributed by atoms with Gasteiger partial charge < -0.3 is 0 Å². The molecule has 9 nitrogen and oxygen atoms in total. The Bertz CT molecular complexity index is 7040. The van der Waals surface area contributed by atoms with Gasteiger partial charge in [-0.3, -0.25) is 15.0 Å². The van der Waals surface area contributed by atoms with Crippen LogP contribution in [0, 0.1) is 0 Å². The molecule has 6 aliphatic rings. The first-order chi connectivity index (χ1) is 58.0. The van der Waals surface area contributed by atoms with E-state index in [0.29, 0.717) is 17.5 Å². The summed E-state index contributed by atoms with van der Waals surface area (Å²) < 4.78 is 3.72. The van der Waals surface area contributed by atoms with Crippen LogP contribution in [0.5, 0.6) is 0 Å². The molecule has 0 saturated carbocycles. The molecule has 10 heterocycles. The number of hydrogen-bond donors (Lipinski definition) is 0. The number of hydrogen-bond acceptors (Lipinski definition) is 12. The van der Waals surface area contributed by atoms with Crippen LogP contribution in [-0.2, 0) is 0 Å². The van der Waals surface area contributed by atoms with Gasteiger partial charge in [-0.25, -0.2) is 29.9 Å². The SMILES string of the molecule is c1cc(-c2ccncc2)cc(-c2ccc(-c3sc4ccccc4c4nc5ccccc5c3-4)cc2)c1.c1ccc(-c2nc(-c3ccccc3)nc(-c3ccc(-c4sc5ccccc5c5nc6ccccc6c4-5)cc3)n2)cc1.c1cncc(-c2cc(-c3ccc(-c4sc5ccccc5c5nc6ccccc6c4-5)cc3)cc(-c3cccnc3)c2)c1. The number of pyridine rings is 3. The molecule has 0 atom stereocenters. The standard InChI is InChI=1S/C37H23N3S.C36H22N4S.C32H20N2S/c1-3-11-33-31(9-1)35-36(40-33)32-10-2-4-12-34(32)41-37(35)25-15-13-24(14-16-25)28-19-29(26-7-5-17-38-22-26)21-30(20-28)27-8-6-18-39-23-27;1-3-11-24(12-4-1)34-38-35(25-13-5-2-6-14-25)40-36(39-34)26-21-19-23(20-22-26)33-31-27-15-7-9-17-29(27)37-32(31)28-16-8-10-18-30(28)41-33;1-3-10-28-26(8-1)30-31(34-28)27-9-2-4-11-29(27)35-32(30)23-14-12-21(13-15-23)24-6-5-7-25(20-24)22-16-18-33-19-17-22/h1-23H;1-22H;1-20H. The Labute approximate surface area is 686 Å². The zero-order chi connectivity index (χ0) is 77.5. The first-order valence-electron chi connectivity index (χ1n) is 38.7. The van der Waals surface area contributed by atoms with Crippen molar-refractivity contribution in [3.8, 4) is 155 Å². The summed E-state index contributed by atoms with van der Waals surface area (Å²) in [5.74, 6) is 1.97. The molecule has 548 valence electrons. The third-order valence-corrected chi connectivity index (χ3v) is 25.2. The van der Waals surface area contributed by atoms with E-state index in [-0.39, 0.29) is 0 Å². The van der Waals surface area contributed by atoms with Crippen LogP contribution in [-0.4, -0.2) is 44.9 Å². The van der Waals surface area contributed by atoms with E-state index in [4.69, 9.17) is 29.9 Å². The second-order valence-corrected chi connectivity index (χ2v) is 31.9. The summed E-state index contributed by atoms with van der Waals surface area (Å²) in [5.41, 5.74) is 28.0.